The van der Waals surface area contributed by atoms with Crippen molar-refractivity contribution < 1.29 is 4.39 Å². The van der Waals surface area contributed by atoms with E-state index in [-0.39, 0.29) is 6.67 Å². The molecule has 0 saturated heterocycles. The number of benzene rings is 1. The van der Waals surface area contributed by atoms with Crippen molar-refractivity contribution in [2.45, 2.75) is 27.2 Å². The lowest BCUT2D eigenvalue weighted by Gasteiger charge is -2.13. The second-order valence-corrected chi connectivity index (χ2v) is 3.36. The maximum absolute atomic E-state index is 12.5. The predicted molar refractivity (Wildman–Crippen MR) is 54.6 cm³/mol. The van der Waals surface area contributed by atoms with E-state index in [2.05, 4.69) is 19.9 Å². The summed E-state index contributed by atoms with van der Waals surface area (Å²) in [5.41, 5.74) is 3.60. The van der Waals surface area contributed by atoms with Crippen LogP contribution in [0.15, 0.2) is 18.2 Å². The highest BCUT2D eigenvalue weighted by Crippen LogP contribution is 2.22. The molecule has 1 rings (SSSR count). The van der Waals surface area contributed by atoms with E-state index in [1.165, 1.54) is 11.1 Å². The third-order valence-corrected chi connectivity index (χ3v) is 2.49. The van der Waals surface area contributed by atoms with Gasteiger partial charge in [0.1, 0.15) is 0 Å². The van der Waals surface area contributed by atoms with Gasteiger partial charge >= 0.3 is 0 Å². The molecule has 13 heavy (non-hydrogen) atoms. The highest BCUT2D eigenvalue weighted by molar-refractivity contribution is 5.42. The minimum Gasteiger partial charge on any atom is -0.250 e. The maximum atomic E-state index is 12.5. The van der Waals surface area contributed by atoms with Gasteiger partial charge in [-0.05, 0) is 30.0 Å². The van der Waals surface area contributed by atoms with E-state index < -0.39 is 0 Å². The molecule has 0 saturated carbocycles. The zero-order chi connectivity index (χ0) is 9.84. The Bertz CT molecular complexity index is 278. The van der Waals surface area contributed by atoms with Gasteiger partial charge in [0.15, 0.2) is 0 Å². The summed E-state index contributed by atoms with van der Waals surface area (Å²) in [6, 6.07) is 6.09. The molecule has 0 heterocycles. The van der Waals surface area contributed by atoms with Crippen molar-refractivity contribution in [2.75, 3.05) is 6.67 Å². The Balaban J connectivity index is 3.08. The Kier molecular flexibility index (Phi) is 3.47. The first-order valence-electron chi connectivity index (χ1n) is 4.68. The van der Waals surface area contributed by atoms with E-state index in [0.717, 1.165) is 17.9 Å². The van der Waals surface area contributed by atoms with Crippen molar-refractivity contribution in [1.29, 1.82) is 0 Å². The molecule has 1 aromatic rings. The summed E-state index contributed by atoms with van der Waals surface area (Å²) >= 11 is 0. The van der Waals surface area contributed by atoms with Crippen LogP contribution in [0.4, 0.5) is 4.39 Å². The molecule has 0 spiro atoms. The van der Waals surface area contributed by atoms with Gasteiger partial charge in [0.05, 0.1) is 6.67 Å². The van der Waals surface area contributed by atoms with Crippen molar-refractivity contribution in [3.05, 3.63) is 40.8 Å². The Hall–Kier alpha value is -0.850. The largest absolute Gasteiger partial charge is 0.250 e. The average molecular weight is 179 g/mol. The third-order valence-electron chi connectivity index (χ3n) is 2.49. The van der Waals surface area contributed by atoms with Crippen molar-refractivity contribution in [1.82, 2.24) is 0 Å². The third kappa shape index (κ3) is 2.09. The molecule has 0 aliphatic carbocycles. The van der Waals surface area contributed by atoms with Crippen LogP contribution < -0.4 is 0 Å². The zero-order valence-electron chi connectivity index (χ0n) is 8.52. The van der Waals surface area contributed by atoms with Crippen LogP contribution in [0.5, 0.6) is 0 Å². The molecule has 0 atom stereocenters. The Morgan fingerprint density at radius 2 is 2.08 bits per heavy atom. The molecular weight excluding hydrogens is 163 g/mol. The van der Waals surface area contributed by atoms with E-state index in [9.17, 15) is 4.39 Å². The minimum atomic E-state index is -0.353. The molecule has 0 aromatic heterocycles. The molecule has 0 bridgehead atoms. The van der Waals surface area contributed by atoms with Crippen LogP contribution in [0.3, 0.4) is 0 Å². The molecule has 1 heteroatoms. The molecular formula is C12H16F. The highest BCUT2D eigenvalue weighted by atomic mass is 19.1. The van der Waals surface area contributed by atoms with Gasteiger partial charge in [-0.25, -0.2) is 0 Å². The van der Waals surface area contributed by atoms with Crippen molar-refractivity contribution >= 4 is 0 Å². The van der Waals surface area contributed by atoms with Gasteiger partial charge in [0.2, 0.25) is 0 Å². The SMILES string of the molecule is CCc1cccc([C](C)CF)c1C. The lowest BCUT2D eigenvalue weighted by Crippen LogP contribution is -2.01. The predicted octanol–water partition coefficient (Wildman–Crippen LogP) is 3.47. The van der Waals surface area contributed by atoms with E-state index in [1.807, 2.05) is 19.1 Å². The summed E-state index contributed by atoms with van der Waals surface area (Å²) in [6.07, 6.45) is 1.01. The van der Waals surface area contributed by atoms with Gasteiger partial charge in [-0.15, -0.1) is 0 Å². The van der Waals surface area contributed by atoms with Gasteiger partial charge < -0.3 is 0 Å². The number of alkyl halides is 1. The number of hydrogen-bond donors (Lipinski definition) is 0. The maximum Gasteiger partial charge on any atom is 0.0997 e. The first-order chi connectivity index (χ1) is 6.20. The molecule has 0 fully saturated rings. The minimum absolute atomic E-state index is 0.353. The smallest absolute Gasteiger partial charge is 0.0997 e. The topological polar surface area (TPSA) is 0 Å². The number of halogens is 1. The highest BCUT2D eigenvalue weighted by Gasteiger charge is 2.09. The fraction of sp³-hybridized carbons (Fsp3) is 0.417. The first-order valence-corrected chi connectivity index (χ1v) is 4.68. The quantitative estimate of drug-likeness (QED) is 0.666. The molecule has 0 aliphatic rings. The van der Waals surface area contributed by atoms with E-state index >= 15 is 0 Å². The molecule has 0 unspecified atom stereocenters. The Morgan fingerprint density at radius 1 is 1.38 bits per heavy atom. The average Bonchev–Trinajstić information content (AvgIpc) is 2.17. The van der Waals surface area contributed by atoms with Crippen LogP contribution in [-0.2, 0) is 6.42 Å². The summed E-state index contributed by atoms with van der Waals surface area (Å²) < 4.78 is 12.5. The van der Waals surface area contributed by atoms with Gasteiger partial charge in [0.25, 0.3) is 0 Å². The van der Waals surface area contributed by atoms with E-state index in [4.69, 9.17) is 0 Å². The summed E-state index contributed by atoms with van der Waals surface area (Å²) in [4.78, 5) is 0. The molecule has 0 amide bonds. The van der Waals surface area contributed by atoms with Gasteiger partial charge in [-0.3, -0.25) is 4.39 Å². The van der Waals surface area contributed by atoms with Crippen molar-refractivity contribution in [2.24, 2.45) is 0 Å². The van der Waals surface area contributed by atoms with Crippen LogP contribution in [0.2, 0.25) is 0 Å². The van der Waals surface area contributed by atoms with Gasteiger partial charge in [-0.2, -0.15) is 0 Å². The van der Waals surface area contributed by atoms with Gasteiger partial charge in [-0.1, -0.05) is 32.0 Å². The van der Waals surface area contributed by atoms with Crippen molar-refractivity contribution in [3.8, 4) is 0 Å². The molecule has 0 aliphatic heterocycles. The van der Waals surface area contributed by atoms with Crippen LogP contribution >= 0.6 is 0 Å². The fourth-order valence-corrected chi connectivity index (χ4v) is 1.60. The van der Waals surface area contributed by atoms with Crippen LogP contribution in [-0.4, -0.2) is 6.67 Å². The standard InChI is InChI=1S/C12H16F/c1-4-11-6-5-7-12(10(11)3)9(2)8-13/h5-7H,4,8H2,1-3H3. The molecule has 0 nitrogen and oxygen atoms in total. The van der Waals surface area contributed by atoms with E-state index in [0.29, 0.717) is 0 Å². The summed E-state index contributed by atoms with van der Waals surface area (Å²) in [5, 5.41) is 0. The Labute approximate surface area is 79.8 Å². The second kappa shape index (κ2) is 4.40. The van der Waals surface area contributed by atoms with Crippen LogP contribution in [0.1, 0.15) is 30.5 Å². The Morgan fingerprint density at radius 3 is 2.62 bits per heavy atom. The first kappa shape index (κ1) is 10.2. The molecule has 71 valence electrons. The summed E-state index contributed by atoms with van der Waals surface area (Å²) in [6.45, 7) is 5.68. The number of rotatable bonds is 3. The fourth-order valence-electron chi connectivity index (χ4n) is 1.60. The molecule has 1 aromatic carbocycles. The monoisotopic (exact) mass is 179 g/mol. The zero-order valence-corrected chi connectivity index (χ0v) is 8.52. The van der Waals surface area contributed by atoms with E-state index in [1.54, 1.807) is 0 Å². The van der Waals surface area contributed by atoms with Crippen LogP contribution in [0, 0.1) is 12.8 Å². The van der Waals surface area contributed by atoms with Crippen molar-refractivity contribution in [3.63, 3.8) is 0 Å². The second-order valence-electron chi connectivity index (χ2n) is 3.36. The normalized spacial score (nSPS) is 10.8. The van der Waals surface area contributed by atoms with Crippen LogP contribution in [0.25, 0.3) is 0 Å². The molecule has 1 radical (unpaired) electrons. The number of aryl methyl sites for hydroxylation is 1. The lowest BCUT2D eigenvalue weighted by molar-refractivity contribution is 0.515. The lowest BCUT2D eigenvalue weighted by atomic mass is 9.93. The molecule has 0 N–H and O–H groups in total. The number of hydrogen-bond acceptors (Lipinski definition) is 0. The summed E-state index contributed by atoms with van der Waals surface area (Å²) in [7, 11) is 0. The summed E-state index contributed by atoms with van der Waals surface area (Å²) in [5.74, 6) is 0.827. The van der Waals surface area contributed by atoms with Gasteiger partial charge in [0, 0.05) is 5.92 Å².